The number of carbonyl (C=O) groups excluding carboxylic acids is 1. The van der Waals surface area contributed by atoms with Crippen molar-refractivity contribution in [1.82, 2.24) is 0 Å². The highest BCUT2D eigenvalue weighted by atomic mass is 16.4. The van der Waals surface area contributed by atoms with E-state index in [1.54, 1.807) is 19.2 Å². The lowest BCUT2D eigenvalue weighted by molar-refractivity contribution is -0.119. The van der Waals surface area contributed by atoms with E-state index in [1.165, 1.54) is 17.0 Å². The number of rotatable bonds is 5. The van der Waals surface area contributed by atoms with E-state index in [1.807, 2.05) is 6.92 Å². The molecule has 0 bridgehead atoms. The number of carboxylic acid groups (broad SMARTS) is 1. The van der Waals surface area contributed by atoms with Gasteiger partial charge < -0.3 is 15.7 Å². The van der Waals surface area contributed by atoms with Crippen LogP contribution in [-0.4, -0.2) is 30.6 Å². The molecule has 0 radical (unpaired) electrons. The molecule has 0 saturated carbocycles. The molecule has 0 saturated heterocycles. The Bertz CT molecular complexity index is 428. The summed E-state index contributed by atoms with van der Waals surface area (Å²) in [4.78, 5) is 24.1. The van der Waals surface area contributed by atoms with Crippen LogP contribution in [0, 0.1) is 5.92 Å². The van der Waals surface area contributed by atoms with E-state index < -0.39 is 5.97 Å². The van der Waals surface area contributed by atoms with Crippen molar-refractivity contribution in [2.75, 3.05) is 18.5 Å². The van der Waals surface area contributed by atoms with Crippen molar-refractivity contribution >= 4 is 17.6 Å². The Morgan fingerprint density at radius 1 is 1.33 bits per heavy atom. The van der Waals surface area contributed by atoms with E-state index in [-0.39, 0.29) is 17.4 Å². The molecule has 1 rings (SSSR count). The first kappa shape index (κ1) is 14.2. The summed E-state index contributed by atoms with van der Waals surface area (Å²) in [7, 11) is 1.67. The Kier molecular flexibility index (Phi) is 4.85. The molecule has 0 fully saturated rings. The number of hydrogen-bond donors (Lipinski definition) is 2. The fraction of sp³-hybridized carbons (Fsp3) is 0.385. The first-order valence-corrected chi connectivity index (χ1v) is 5.75. The minimum absolute atomic E-state index is 0.0315. The molecule has 5 heteroatoms. The van der Waals surface area contributed by atoms with E-state index in [9.17, 15) is 9.59 Å². The molecule has 0 aliphatic carbocycles. The van der Waals surface area contributed by atoms with Crippen molar-refractivity contribution in [3.63, 3.8) is 0 Å². The van der Waals surface area contributed by atoms with Gasteiger partial charge in [0.2, 0.25) is 5.91 Å². The number of nitrogens with two attached hydrogens (primary N) is 1. The lowest BCUT2D eigenvalue weighted by Gasteiger charge is -2.19. The van der Waals surface area contributed by atoms with E-state index in [4.69, 9.17) is 10.8 Å². The van der Waals surface area contributed by atoms with Crippen molar-refractivity contribution in [2.45, 2.75) is 13.3 Å². The zero-order valence-electron chi connectivity index (χ0n) is 10.6. The number of amides is 1. The zero-order chi connectivity index (χ0) is 13.7. The quantitative estimate of drug-likeness (QED) is 0.825. The fourth-order valence-electron chi connectivity index (χ4n) is 1.49. The normalized spacial score (nSPS) is 11.9. The number of carboxylic acids is 1. The van der Waals surface area contributed by atoms with Gasteiger partial charge in [-0.2, -0.15) is 0 Å². The Morgan fingerprint density at radius 3 is 2.33 bits per heavy atom. The molecule has 1 amide bonds. The lowest BCUT2D eigenvalue weighted by atomic mass is 10.1. The number of anilines is 1. The maximum absolute atomic E-state index is 11.9. The number of benzene rings is 1. The van der Waals surface area contributed by atoms with E-state index in [0.717, 1.165) is 0 Å². The Morgan fingerprint density at radius 2 is 1.89 bits per heavy atom. The average molecular weight is 250 g/mol. The highest BCUT2D eigenvalue weighted by Gasteiger charge is 2.14. The molecule has 0 spiro atoms. The van der Waals surface area contributed by atoms with Gasteiger partial charge in [-0.05, 0) is 36.7 Å². The summed E-state index contributed by atoms with van der Waals surface area (Å²) in [6.07, 6.45) is 0.383. The molecule has 1 aromatic carbocycles. The molecule has 0 aromatic heterocycles. The molecule has 0 aliphatic heterocycles. The van der Waals surface area contributed by atoms with Crippen molar-refractivity contribution in [3.8, 4) is 0 Å². The van der Waals surface area contributed by atoms with Crippen molar-refractivity contribution in [3.05, 3.63) is 29.8 Å². The summed E-state index contributed by atoms with van der Waals surface area (Å²) in [5.74, 6) is -0.874. The average Bonchev–Trinajstić information content (AvgIpc) is 2.37. The third-order valence-electron chi connectivity index (χ3n) is 2.80. The molecule has 18 heavy (non-hydrogen) atoms. The molecular weight excluding hydrogens is 232 g/mol. The second kappa shape index (κ2) is 6.16. The standard InChI is InChI=1S/C13H18N2O3/c1-9(8-14)7-12(16)15(2)11-5-3-10(4-6-11)13(17)18/h3-6,9H,7-8,14H2,1-2H3,(H,17,18). The summed E-state index contributed by atoms with van der Waals surface area (Å²) < 4.78 is 0. The third-order valence-corrected chi connectivity index (χ3v) is 2.80. The SMILES string of the molecule is CC(CN)CC(=O)N(C)c1ccc(C(=O)O)cc1. The van der Waals surface area contributed by atoms with E-state index in [2.05, 4.69) is 0 Å². The van der Waals surface area contributed by atoms with Crippen molar-refractivity contribution < 1.29 is 14.7 Å². The van der Waals surface area contributed by atoms with Crippen molar-refractivity contribution in [1.29, 1.82) is 0 Å². The Balaban J connectivity index is 2.74. The minimum Gasteiger partial charge on any atom is -0.478 e. The smallest absolute Gasteiger partial charge is 0.335 e. The van der Waals surface area contributed by atoms with Gasteiger partial charge in [0.15, 0.2) is 0 Å². The molecular formula is C13H18N2O3. The van der Waals surface area contributed by atoms with Crippen LogP contribution in [0.5, 0.6) is 0 Å². The van der Waals surface area contributed by atoms with Crippen LogP contribution < -0.4 is 10.6 Å². The first-order valence-electron chi connectivity index (χ1n) is 5.75. The highest BCUT2D eigenvalue weighted by molar-refractivity contribution is 5.94. The first-order chi connectivity index (χ1) is 8.45. The molecule has 1 aromatic rings. The van der Waals surface area contributed by atoms with Crippen LogP contribution in [0.4, 0.5) is 5.69 Å². The van der Waals surface area contributed by atoms with Gasteiger partial charge in [0.25, 0.3) is 0 Å². The summed E-state index contributed by atoms with van der Waals surface area (Å²) in [6, 6.07) is 6.20. The Labute approximate surface area is 106 Å². The lowest BCUT2D eigenvalue weighted by Crippen LogP contribution is -2.29. The highest BCUT2D eigenvalue weighted by Crippen LogP contribution is 2.16. The summed E-state index contributed by atoms with van der Waals surface area (Å²) >= 11 is 0. The summed E-state index contributed by atoms with van der Waals surface area (Å²) in [5.41, 5.74) is 6.36. The molecule has 3 N–H and O–H groups in total. The number of hydrogen-bond acceptors (Lipinski definition) is 3. The molecule has 1 atom stereocenters. The molecule has 0 aliphatic rings. The minimum atomic E-state index is -0.979. The van der Waals surface area contributed by atoms with Gasteiger partial charge >= 0.3 is 5.97 Å². The molecule has 5 nitrogen and oxygen atoms in total. The molecule has 0 heterocycles. The van der Waals surface area contributed by atoms with Gasteiger partial charge in [0.05, 0.1) is 5.56 Å². The van der Waals surface area contributed by atoms with Crippen LogP contribution >= 0.6 is 0 Å². The number of carbonyl (C=O) groups is 2. The van der Waals surface area contributed by atoms with E-state index in [0.29, 0.717) is 18.7 Å². The predicted molar refractivity (Wildman–Crippen MR) is 69.6 cm³/mol. The van der Waals surface area contributed by atoms with Crippen LogP contribution in [0.1, 0.15) is 23.7 Å². The summed E-state index contributed by atoms with van der Waals surface area (Å²) in [6.45, 7) is 2.39. The van der Waals surface area contributed by atoms with Gasteiger partial charge in [0.1, 0.15) is 0 Å². The fourth-order valence-corrected chi connectivity index (χ4v) is 1.49. The van der Waals surface area contributed by atoms with Crippen LogP contribution in [0.15, 0.2) is 24.3 Å². The summed E-state index contributed by atoms with van der Waals surface area (Å²) in [5, 5.41) is 8.78. The maximum atomic E-state index is 11.9. The topological polar surface area (TPSA) is 83.6 Å². The molecule has 1 unspecified atom stereocenters. The van der Waals surface area contributed by atoms with Crippen LogP contribution in [0.3, 0.4) is 0 Å². The van der Waals surface area contributed by atoms with E-state index >= 15 is 0 Å². The van der Waals surface area contributed by atoms with Gasteiger partial charge in [-0.3, -0.25) is 4.79 Å². The monoisotopic (exact) mass is 250 g/mol. The van der Waals surface area contributed by atoms with Gasteiger partial charge in [-0.15, -0.1) is 0 Å². The number of nitrogens with zero attached hydrogens (tertiary/aromatic N) is 1. The second-order valence-electron chi connectivity index (χ2n) is 4.35. The maximum Gasteiger partial charge on any atom is 0.335 e. The third kappa shape index (κ3) is 3.56. The number of aromatic carboxylic acids is 1. The van der Waals surface area contributed by atoms with Crippen molar-refractivity contribution in [2.24, 2.45) is 11.7 Å². The van der Waals surface area contributed by atoms with Crippen LogP contribution in [-0.2, 0) is 4.79 Å². The largest absolute Gasteiger partial charge is 0.478 e. The second-order valence-corrected chi connectivity index (χ2v) is 4.35. The molecule has 98 valence electrons. The predicted octanol–water partition coefficient (Wildman–Crippen LogP) is 1.33. The van der Waals surface area contributed by atoms with Gasteiger partial charge in [0, 0.05) is 19.2 Å². The van der Waals surface area contributed by atoms with Crippen LogP contribution in [0.25, 0.3) is 0 Å². The van der Waals surface area contributed by atoms with Gasteiger partial charge in [-0.25, -0.2) is 4.79 Å². The zero-order valence-corrected chi connectivity index (χ0v) is 10.6. The van der Waals surface area contributed by atoms with Gasteiger partial charge in [-0.1, -0.05) is 6.92 Å². The van der Waals surface area contributed by atoms with Crippen LogP contribution in [0.2, 0.25) is 0 Å². The Hall–Kier alpha value is -1.88.